The van der Waals surface area contributed by atoms with E-state index in [2.05, 4.69) is 11.2 Å². The molecule has 0 fully saturated rings. The molecule has 0 aromatic rings. The minimum atomic E-state index is 0.195. The minimum absolute atomic E-state index is 0.195. The van der Waals surface area contributed by atoms with E-state index in [1.165, 1.54) is 0 Å². The minimum Gasteiger partial charge on any atom is -0.299 e. The third-order valence-corrected chi connectivity index (χ3v) is 1.10. The normalized spacial score (nSPS) is 9.64. The van der Waals surface area contributed by atoms with Crippen molar-refractivity contribution >= 4 is 5.78 Å². The number of terminal acetylenes is 1. The molecule has 0 bridgehead atoms. The van der Waals surface area contributed by atoms with Crippen LogP contribution in [-0.2, 0) is 4.79 Å². The summed E-state index contributed by atoms with van der Waals surface area (Å²) in [6, 6.07) is 0. The predicted molar refractivity (Wildman–Crippen MR) is 45.9 cm³/mol. The monoisotopic (exact) mass is 152 g/mol. The van der Waals surface area contributed by atoms with Gasteiger partial charge in [0.25, 0.3) is 0 Å². The van der Waals surface area contributed by atoms with Crippen LogP contribution in [-0.4, -0.2) is 18.9 Å². The zero-order chi connectivity index (χ0) is 8.69. The summed E-state index contributed by atoms with van der Waals surface area (Å²) in [4.78, 5) is 11.0. The van der Waals surface area contributed by atoms with Gasteiger partial charge in [0.05, 0.1) is 13.1 Å². The first-order valence-electron chi connectivity index (χ1n) is 3.61. The summed E-state index contributed by atoms with van der Waals surface area (Å²) >= 11 is 0. The van der Waals surface area contributed by atoms with Crippen LogP contribution >= 0.6 is 0 Å². The van der Waals surface area contributed by atoms with Gasteiger partial charge in [0, 0.05) is 6.42 Å². The van der Waals surface area contributed by atoms with Gasteiger partial charge in [-0.2, -0.15) is 0 Å². The van der Waals surface area contributed by atoms with Crippen LogP contribution in [0, 0.1) is 18.3 Å². The lowest BCUT2D eigenvalue weighted by atomic mass is 10.1. The molecule has 0 aromatic heterocycles. The van der Waals surface area contributed by atoms with Gasteiger partial charge in [-0.1, -0.05) is 19.8 Å². The first kappa shape index (κ1) is 10.2. The van der Waals surface area contributed by atoms with E-state index < -0.39 is 0 Å². The smallest absolute Gasteiger partial charge is 0.147 e. The van der Waals surface area contributed by atoms with Crippen LogP contribution in [0.1, 0.15) is 20.3 Å². The molecule has 0 aliphatic carbocycles. The molecule has 0 amide bonds. The quantitative estimate of drug-likeness (QED) is 0.466. The van der Waals surface area contributed by atoms with Crippen molar-refractivity contribution in [3.05, 3.63) is 5.92 Å². The van der Waals surface area contributed by atoms with Gasteiger partial charge >= 0.3 is 0 Å². The van der Waals surface area contributed by atoms with Crippen LogP contribution in [0.2, 0.25) is 0 Å². The lowest BCUT2D eigenvalue weighted by molar-refractivity contribution is -0.117. The molecule has 2 heteroatoms. The number of hydrogen-bond acceptors (Lipinski definition) is 2. The van der Waals surface area contributed by atoms with Gasteiger partial charge in [0.15, 0.2) is 0 Å². The Balaban J connectivity index is 3.32. The molecule has 0 aromatic carbocycles. The van der Waals surface area contributed by atoms with E-state index in [4.69, 9.17) is 6.42 Å². The third-order valence-electron chi connectivity index (χ3n) is 1.10. The van der Waals surface area contributed by atoms with E-state index in [1.54, 1.807) is 0 Å². The SMILES string of the molecule is C#CCNCC(=O)C[C](C)C. The van der Waals surface area contributed by atoms with Crippen LogP contribution < -0.4 is 5.32 Å². The largest absolute Gasteiger partial charge is 0.299 e. The molecule has 0 rings (SSSR count). The lowest BCUT2D eigenvalue weighted by Gasteiger charge is -2.02. The number of carbonyl (C=O) groups is 1. The Labute approximate surface area is 68.4 Å². The number of nitrogens with one attached hydrogen (secondary N) is 1. The second-order valence-electron chi connectivity index (χ2n) is 2.73. The second kappa shape index (κ2) is 5.94. The Hall–Kier alpha value is -0.810. The molecule has 2 nitrogen and oxygen atoms in total. The Morgan fingerprint density at radius 1 is 1.55 bits per heavy atom. The average Bonchev–Trinajstić information content (AvgIpc) is 1.86. The predicted octanol–water partition coefficient (Wildman–Crippen LogP) is 0.783. The highest BCUT2D eigenvalue weighted by Crippen LogP contribution is 2.01. The number of carbonyl (C=O) groups excluding carboxylic acids is 1. The number of Topliss-reactive ketones (excluding diaryl/α,β-unsaturated/α-hetero) is 1. The zero-order valence-corrected chi connectivity index (χ0v) is 7.11. The van der Waals surface area contributed by atoms with Gasteiger partial charge in [0.1, 0.15) is 5.78 Å². The molecule has 0 saturated carbocycles. The van der Waals surface area contributed by atoms with E-state index >= 15 is 0 Å². The average molecular weight is 152 g/mol. The highest BCUT2D eigenvalue weighted by atomic mass is 16.1. The van der Waals surface area contributed by atoms with Crippen molar-refractivity contribution in [2.45, 2.75) is 20.3 Å². The first-order chi connectivity index (χ1) is 5.16. The second-order valence-corrected chi connectivity index (χ2v) is 2.73. The van der Waals surface area contributed by atoms with E-state index in [0.717, 1.165) is 5.92 Å². The van der Waals surface area contributed by atoms with Crippen molar-refractivity contribution in [1.29, 1.82) is 0 Å². The van der Waals surface area contributed by atoms with Crippen LogP contribution in [0.4, 0.5) is 0 Å². The van der Waals surface area contributed by atoms with E-state index in [1.807, 2.05) is 13.8 Å². The molecule has 1 N–H and O–H groups in total. The number of ketones is 1. The van der Waals surface area contributed by atoms with Crippen LogP contribution in [0.5, 0.6) is 0 Å². The molecular formula is C9H14NO. The van der Waals surface area contributed by atoms with Crippen molar-refractivity contribution in [3.63, 3.8) is 0 Å². The highest BCUT2D eigenvalue weighted by molar-refractivity contribution is 5.81. The van der Waals surface area contributed by atoms with Crippen LogP contribution in [0.15, 0.2) is 0 Å². The molecular weight excluding hydrogens is 138 g/mol. The van der Waals surface area contributed by atoms with Gasteiger partial charge in [-0.15, -0.1) is 6.42 Å². The third kappa shape index (κ3) is 7.08. The van der Waals surface area contributed by atoms with Crippen molar-refractivity contribution < 1.29 is 4.79 Å². The van der Waals surface area contributed by atoms with Crippen molar-refractivity contribution in [2.24, 2.45) is 0 Å². The number of rotatable bonds is 5. The van der Waals surface area contributed by atoms with Crippen LogP contribution in [0.3, 0.4) is 0 Å². The Morgan fingerprint density at radius 3 is 2.64 bits per heavy atom. The summed E-state index contributed by atoms with van der Waals surface area (Å²) in [7, 11) is 0. The van der Waals surface area contributed by atoms with Crippen LogP contribution in [0.25, 0.3) is 0 Å². The Bertz CT molecular complexity index is 155. The molecule has 0 spiro atoms. The first-order valence-corrected chi connectivity index (χ1v) is 3.61. The molecule has 0 unspecified atom stereocenters. The molecule has 0 aliphatic rings. The molecule has 61 valence electrons. The van der Waals surface area contributed by atoms with E-state index in [9.17, 15) is 4.79 Å². The summed E-state index contributed by atoms with van der Waals surface area (Å²) in [6.45, 7) is 4.74. The molecule has 0 atom stereocenters. The fraction of sp³-hybridized carbons (Fsp3) is 0.556. The fourth-order valence-corrected chi connectivity index (χ4v) is 0.731. The van der Waals surface area contributed by atoms with Gasteiger partial charge < -0.3 is 0 Å². The fourth-order valence-electron chi connectivity index (χ4n) is 0.731. The maximum absolute atomic E-state index is 11.0. The Morgan fingerprint density at radius 2 is 2.18 bits per heavy atom. The van der Waals surface area contributed by atoms with Crippen molar-refractivity contribution in [3.8, 4) is 12.3 Å². The summed E-state index contributed by atoms with van der Waals surface area (Å²) in [5.74, 6) is 3.74. The van der Waals surface area contributed by atoms with E-state index in [0.29, 0.717) is 19.5 Å². The molecule has 0 saturated heterocycles. The molecule has 11 heavy (non-hydrogen) atoms. The molecule has 1 radical (unpaired) electrons. The maximum Gasteiger partial charge on any atom is 0.147 e. The van der Waals surface area contributed by atoms with E-state index in [-0.39, 0.29) is 5.78 Å². The zero-order valence-electron chi connectivity index (χ0n) is 7.11. The standard InChI is InChI=1S/C9H14NO/c1-4-5-10-7-9(11)6-8(2)3/h1,10H,5-7H2,2-3H3. The van der Waals surface area contributed by atoms with Gasteiger partial charge in [-0.3, -0.25) is 10.1 Å². The molecule has 0 aliphatic heterocycles. The molecule has 0 heterocycles. The summed E-state index contributed by atoms with van der Waals surface area (Å²) in [6.07, 6.45) is 5.54. The summed E-state index contributed by atoms with van der Waals surface area (Å²) in [5.41, 5.74) is 0. The Kier molecular flexibility index (Phi) is 5.50. The highest BCUT2D eigenvalue weighted by Gasteiger charge is 2.03. The summed E-state index contributed by atoms with van der Waals surface area (Å²) < 4.78 is 0. The number of hydrogen-bond donors (Lipinski definition) is 1. The van der Waals surface area contributed by atoms with Gasteiger partial charge in [-0.05, 0) is 5.92 Å². The van der Waals surface area contributed by atoms with Crippen molar-refractivity contribution in [2.75, 3.05) is 13.1 Å². The van der Waals surface area contributed by atoms with Gasteiger partial charge in [0.2, 0.25) is 0 Å². The van der Waals surface area contributed by atoms with Gasteiger partial charge in [-0.25, -0.2) is 0 Å². The topological polar surface area (TPSA) is 29.1 Å². The van der Waals surface area contributed by atoms with Crippen molar-refractivity contribution in [1.82, 2.24) is 5.32 Å². The maximum atomic E-state index is 11.0. The summed E-state index contributed by atoms with van der Waals surface area (Å²) in [5, 5.41) is 2.84. The lowest BCUT2D eigenvalue weighted by Crippen LogP contribution is -2.23.